The second-order valence-corrected chi connectivity index (χ2v) is 5.43. The molecular formula is C7H19N3Si. The molecule has 0 saturated heterocycles. The molecule has 0 saturated carbocycles. The van der Waals surface area contributed by atoms with Crippen LogP contribution in [0.1, 0.15) is 6.92 Å². The van der Waals surface area contributed by atoms with Crippen LogP contribution in [-0.4, -0.2) is 41.0 Å². The van der Waals surface area contributed by atoms with E-state index in [1.165, 1.54) is 0 Å². The highest BCUT2D eigenvalue weighted by atomic mass is 28.3. The van der Waals surface area contributed by atoms with Gasteiger partial charge in [-0.3, -0.25) is 0 Å². The van der Waals surface area contributed by atoms with Crippen LogP contribution in [0.2, 0.25) is 0 Å². The fourth-order valence-electron chi connectivity index (χ4n) is 0.778. The zero-order valence-corrected chi connectivity index (χ0v) is 8.88. The highest BCUT2D eigenvalue weighted by molar-refractivity contribution is 6.58. The number of nitrogens with zero attached hydrogens (tertiary/aromatic N) is 1. The van der Waals surface area contributed by atoms with Crippen molar-refractivity contribution >= 4 is 9.12 Å². The predicted octanol–water partition coefficient (Wildman–Crippen LogP) is -0.350. The lowest BCUT2D eigenvalue weighted by molar-refractivity contribution is 0.604. The second-order valence-electron chi connectivity index (χ2n) is 2.63. The summed E-state index contributed by atoms with van der Waals surface area (Å²) >= 11 is 0. The van der Waals surface area contributed by atoms with E-state index >= 15 is 0 Å². The van der Waals surface area contributed by atoms with Crippen molar-refractivity contribution in [2.75, 3.05) is 27.3 Å². The summed E-state index contributed by atoms with van der Waals surface area (Å²) in [7, 11) is 3.13. The summed E-state index contributed by atoms with van der Waals surface area (Å²) in [5, 5.41) is 3.22. The molecule has 2 N–H and O–H groups in total. The Morgan fingerprint density at radius 1 is 1.55 bits per heavy atom. The SMILES string of the molecule is C=C[SiH](NCNCC)N(C)C. The van der Waals surface area contributed by atoms with E-state index in [4.69, 9.17) is 0 Å². The van der Waals surface area contributed by atoms with E-state index in [2.05, 4.69) is 42.5 Å². The van der Waals surface area contributed by atoms with E-state index < -0.39 is 9.12 Å². The van der Waals surface area contributed by atoms with Crippen LogP contribution in [0, 0.1) is 0 Å². The largest absolute Gasteiger partial charge is 0.317 e. The maximum atomic E-state index is 3.79. The molecule has 0 heterocycles. The number of nitrogens with one attached hydrogen (secondary N) is 2. The van der Waals surface area contributed by atoms with Gasteiger partial charge in [0.15, 0.2) is 0 Å². The van der Waals surface area contributed by atoms with Crippen molar-refractivity contribution in [2.24, 2.45) is 0 Å². The van der Waals surface area contributed by atoms with Gasteiger partial charge in [-0.1, -0.05) is 12.6 Å². The first-order valence-electron chi connectivity index (χ1n) is 3.95. The van der Waals surface area contributed by atoms with Gasteiger partial charge in [0.25, 0.3) is 0 Å². The van der Waals surface area contributed by atoms with Gasteiger partial charge < -0.3 is 14.9 Å². The molecule has 0 rings (SSSR count). The van der Waals surface area contributed by atoms with Crippen molar-refractivity contribution in [1.82, 2.24) is 14.9 Å². The first-order valence-corrected chi connectivity index (χ1v) is 5.71. The number of rotatable bonds is 6. The minimum atomic E-state index is -1.03. The van der Waals surface area contributed by atoms with E-state index in [0.29, 0.717) is 0 Å². The fraction of sp³-hybridized carbons (Fsp3) is 0.714. The van der Waals surface area contributed by atoms with Crippen molar-refractivity contribution < 1.29 is 0 Å². The van der Waals surface area contributed by atoms with Gasteiger partial charge in [-0.25, -0.2) is 0 Å². The van der Waals surface area contributed by atoms with Crippen molar-refractivity contribution in [3.63, 3.8) is 0 Å². The average molecular weight is 173 g/mol. The Morgan fingerprint density at radius 3 is 2.55 bits per heavy atom. The Morgan fingerprint density at radius 2 is 2.18 bits per heavy atom. The average Bonchev–Trinajstić information content (AvgIpc) is 1.97. The summed E-state index contributed by atoms with van der Waals surface area (Å²) < 4.78 is 2.21. The van der Waals surface area contributed by atoms with Crippen molar-refractivity contribution in [1.29, 1.82) is 0 Å². The predicted molar refractivity (Wildman–Crippen MR) is 52.7 cm³/mol. The van der Waals surface area contributed by atoms with Crippen LogP contribution in [0.15, 0.2) is 12.3 Å². The summed E-state index contributed by atoms with van der Waals surface area (Å²) in [6, 6.07) is 0. The molecule has 1 unspecified atom stereocenters. The minimum absolute atomic E-state index is 0.886. The quantitative estimate of drug-likeness (QED) is 0.327. The maximum absolute atomic E-state index is 3.79. The first-order chi connectivity index (χ1) is 5.22. The highest BCUT2D eigenvalue weighted by Gasteiger charge is 2.06. The normalized spacial score (nSPS) is 13.5. The molecule has 0 amide bonds. The Bertz CT molecular complexity index is 106. The van der Waals surface area contributed by atoms with Gasteiger partial charge >= 0.3 is 0 Å². The molecule has 0 aliphatic carbocycles. The first kappa shape index (κ1) is 10.8. The van der Waals surface area contributed by atoms with Crippen LogP contribution in [0.4, 0.5) is 0 Å². The molecule has 0 aliphatic rings. The summed E-state index contributed by atoms with van der Waals surface area (Å²) in [6.45, 7) is 7.79. The number of hydrogen-bond acceptors (Lipinski definition) is 3. The Kier molecular flexibility index (Phi) is 6.44. The second kappa shape index (κ2) is 6.54. The fourth-order valence-corrected chi connectivity index (χ4v) is 2.09. The zero-order chi connectivity index (χ0) is 8.69. The molecule has 1 atom stereocenters. The molecule has 4 heteroatoms. The molecular weight excluding hydrogens is 154 g/mol. The zero-order valence-electron chi connectivity index (χ0n) is 7.72. The van der Waals surface area contributed by atoms with Crippen LogP contribution in [0.25, 0.3) is 0 Å². The molecule has 11 heavy (non-hydrogen) atoms. The standard InChI is InChI=1S/C7H19N3Si/c1-5-8-7-9-11(6-2)10(3)4/h6,8-9,11H,2,5,7H2,1,3-4H3. The molecule has 0 aromatic rings. The summed E-state index contributed by atoms with van der Waals surface area (Å²) in [5.41, 5.74) is 2.03. The monoisotopic (exact) mass is 173 g/mol. The molecule has 0 spiro atoms. The molecule has 0 fully saturated rings. The molecule has 0 radical (unpaired) electrons. The van der Waals surface area contributed by atoms with Crippen molar-refractivity contribution in [3.8, 4) is 0 Å². The molecule has 0 bridgehead atoms. The van der Waals surface area contributed by atoms with Crippen molar-refractivity contribution in [3.05, 3.63) is 12.3 Å². The van der Waals surface area contributed by atoms with E-state index in [0.717, 1.165) is 13.2 Å². The third-order valence-corrected chi connectivity index (χ3v) is 3.65. The lowest BCUT2D eigenvalue weighted by Crippen LogP contribution is -2.48. The molecule has 66 valence electrons. The third kappa shape index (κ3) is 5.14. The van der Waals surface area contributed by atoms with Gasteiger partial charge in [0.2, 0.25) is 9.12 Å². The summed E-state index contributed by atoms with van der Waals surface area (Å²) in [5.74, 6) is 0. The Hall–Kier alpha value is -0.163. The minimum Gasteiger partial charge on any atom is -0.317 e. The molecule has 0 aromatic carbocycles. The van der Waals surface area contributed by atoms with Gasteiger partial charge in [-0.05, 0) is 20.6 Å². The molecule has 0 aliphatic heterocycles. The van der Waals surface area contributed by atoms with Crippen LogP contribution < -0.4 is 10.3 Å². The van der Waals surface area contributed by atoms with Gasteiger partial charge in [0.05, 0.1) is 0 Å². The lowest BCUT2D eigenvalue weighted by atomic mass is 10.8. The lowest BCUT2D eigenvalue weighted by Gasteiger charge is -2.19. The maximum Gasteiger partial charge on any atom is 0.212 e. The molecule has 3 nitrogen and oxygen atoms in total. The highest BCUT2D eigenvalue weighted by Crippen LogP contribution is 1.81. The summed E-state index contributed by atoms with van der Waals surface area (Å²) in [6.07, 6.45) is 0. The van der Waals surface area contributed by atoms with Crippen LogP contribution in [0.3, 0.4) is 0 Å². The van der Waals surface area contributed by atoms with Gasteiger partial charge in [-0.2, -0.15) is 0 Å². The van der Waals surface area contributed by atoms with Gasteiger partial charge in [-0.15, -0.1) is 6.58 Å². The Labute approximate surface area is 71.2 Å². The van der Waals surface area contributed by atoms with E-state index in [1.54, 1.807) is 0 Å². The molecule has 0 aromatic heterocycles. The van der Waals surface area contributed by atoms with Crippen LogP contribution in [0.5, 0.6) is 0 Å². The summed E-state index contributed by atoms with van der Waals surface area (Å²) in [4.78, 5) is 3.41. The van der Waals surface area contributed by atoms with Crippen LogP contribution >= 0.6 is 0 Å². The van der Waals surface area contributed by atoms with E-state index in [1.807, 2.05) is 5.70 Å². The van der Waals surface area contributed by atoms with Gasteiger partial charge in [0.1, 0.15) is 0 Å². The topological polar surface area (TPSA) is 27.3 Å². The third-order valence-electron chi connectivity index (χ3n) is 1.47. The van der Waals surface area contributed by atoms with Crippen LogP contribution in [-0.2, 0) is 0 Å². The smallest absolute Gasteiger partial charge is 0.212 e. The van der Waals surface area contributed by atoms with Crippen molar-refractivity contribution in [2.45, 2.75) is 6.92 Å². The Balaban J connectivity index is 3.44. The number of hydrogen-bond donors (Lipinski definition) is 2. The van der Waals surface area contributed by atoms with E-state index in [-0.39, 0.29) is 0 Å². The van der Waals surface area contributed by atoms with E-state index in [9.17, 15) is 0 Å². The van der Waals surface area contributed by atoms with Gasteiger partial charge in [0, 0.05) is 6.67 Å².